The molecule has 0 aliphatic carbocycles. The van der Waals surface area contributed by atoms with Gasteiger partial charge in [-0.1, -0.05) is 0 Å². The van der Waals surface area contributed by atoms with Crippen molar-refractivity contribution < 1.29 is 29.0 Å². The van der Waals surface area contributed by atoms with Gasteiger partial charge in [0, 0.05) is 18.4 Å². The van der Waals surface area contributed by atoms with Gasteiger partial charge in [0.05, 0.1) is 7.11 Å². The van der Waals surface area contributed by atoms with Gasteiger partial charge >= 0.3 is 12.1 Å². The van der Waals surface area contributed by atoms with Crippen molar-refractivity contribution in [2.24, 2.45) is 5.92 Å². The average molecular weight is 286 g/mol. The maximum Gasteiger partial charge on any atom is 0.411 e. The van der Waals surface area contributed by atoms with E-state index in [0.29, 0.717) is 0 Å². The lowest BCUT2D eigenvalue weighted by atomic mass is 9.91. The minimum absolute atomic E-state index is 0.0196. The fourth-order valence-electron chi connectivity index (χ4n) is 2.08. The normalized spacial score (nSPS) is 23.1. The first-order chi connectivity index (χ1) is 9.15. The van der Waals surface area contributed by atoms with Crippen LogP contribution in [-0.4, -0.2) is 48.2 Å². The first kappa shape index (κ1) is 16.3. The topological polar surface area (TPSA) is 96.0 Å². The molecule has 20 heavy (non-hydrogen) atoms. The second-order valence-electron chi connectivity index (χ2n) is 5.75. The molecule has 0 aromatic rings. The van der Waals surface area contributed by atoms with Crippen molar-refractivity contribution in [3.05, 3.63) is 0 Å². The zero-order valence-electron chi connectivity index (χ0n) is 12.2. The molecule has 0 bridgehead atoms. The van der Waals surface area contributed by atoms with E-state index in [2.05, 4.69) is 4.74 Å². The van der Waals surface area contributed by atoms with Gasteiger partial charge in [-0.3, -0.25) is 4.90 Å². The summed E-state index contributed by atoms with van der Waals surface area (Å²) in [5, 5.41) is 10.9. The third-order valence-corrected chi connectivity index (χ3v) is 3.04. The largest absolute Gasteiger partial charge is 0.550 e. The van der Waals surface area contributed by atoms with E-state index >= 15 is 0 Å². The molecule has 7 heteroatoms. The van der Waals surface area contributed by atoms with Crippen LogP contribution in [-0.2, 0) is 19.1 Å². The number of esters is 1. The van der Waals surface area contributed by atoms with E-state index in [4.69, 9.17) is 4.74 Å². The number of rotatable bonds is 2. The summed E-state index contributed by atoms with van der Waals surface area (Å²) in [5.41, 5.74) is -0.692. The average Bonchev–Trinajstić information content (AvgIpc) is 2.34. The number of hydrogen-bond acceptors (Lipinski definition) is 6. The first-order valence-corrected chi connectivity index (χ1v) is 6.44. The molecule has 0 saturated carbocycles. The van der Waals surface area contributed by atoms with Crippen LogP contribution in [0.5, 0.6) is 0 Å². The molecular weight excluding hydrogens is 266 g/mol. The fourth-order valence-corrected chi connectivity index (χ4v) is 2.08. The number of carbonyl (C=O) groups is 3. The number of likely N-dealkylation sites (tertiary alicyclic amines) is 1. The summed E-state index contributed by atoms with van der Waals surface area (Å²) >= 11 is 0. The number of carboxylic acids is 1. The lowest BCUT2D eigenvalue weighted by molar-refractivity contribution is -0.313. The molecule has 1 fully saturated rings. The molecule has 0 aromatic heterocycles. The summed E-state index contributed by atoms with van der Waals surface area (Å²) in [4.78, 5) is 35.9. The van der Waals surface area contributed by atoms with Crippen LogP contribution in [0, 0.1) is 5.92 Å². The van der Waals surface area contributed by atoms with E-state index in [9.17, 15) is 19.5 Å². The number of methoxy groups -OCH3 is 1. The lowest BCUT2D eigenvalue weighted by Gasteiger charge is -2.38. The molecule has 1 aliphatic heterocycles. The van der Waals surface area contributed by atoms with Crippen molar-refractivity contribution >= 4 is 18.0 Å². The van der Waals surface area contributed by atoms with E-state index < -0.39 is 35.6 Å². The number of piperidine rings is 1. The number of nitrogens with zero attached hydrogens (tertiary/aromatic N) is 1. The number of ether oxygens (including phenoxy) is 2. The Hall–Kier alpha value is -1.79. The smallest absolute Gasteiger partial charge is 0.411 e. The van der Waals surface area contributed by atoms with E-state index in [-0.39, 0.29) is 19.4 Å². The number of aliphatic carboxylic acids is 1. The molecule has 0 N–H and O–H groups in total. The number of carboxylic acid groups (broad SMARTS) is 1. The minimum Gasteiger partial charge on any atom is -0.550 e. The van der Waals surface area contributed by atoms with Crippen LogP contribution in [0.25, 0.3) is 0 Å². The predicted molar refractivity (Wildman–Crippen MR) is 66.5 cm³/mol. The molecule has 0 spiro atoms. The summed E-state index contributed by atoms with van der Waals surface area (Å²) in [6.45, 7) is 5.26. The van der Waals surface area contributed by atoms with Crippen LogP contribution in [0.1, 0.15) is 33.6 Å². The van der Waals surface area contributed by atoms with Gasteiger partial charge in [0.25, 0.3) is 0 Å². The summed E-state index contributed by atoms with van der Waals surface area (Å²) < 4.78 is 9.84. The molecule has 1 rings (SSSR count). The molecular formula is C13H20NO6-. The van der Waals surface area contributed by atoms with E-state index in [1.165, 1.54) is 12.0 Å². The van der Waals surface area contributed by atoms with Gasteiger partial charge < -0.3 is 19.4 Å². The Balaban J connectivity index is 2.85. The van der Waals surface area contributed by atoms with Crippen molar-refractivity contribution in [3.63, 3.8) is 0 Å². The van der Waals surface area contributed by atoms with E-state index in [1.807, 2.05) is 0 Å². The molecule has 1 heterocycles. The Labute approximate surface area is 117 Å². The van der Waals surface area contributed by atoms with E-state index in [1.54, 1.807) is 20.8 Å². The van der Waals surface area contributed by atoms with Gasteiger partial charge in [-0.25, -0.2) is 9.59 Å². The van der Waals surface area contributed by atoms with Crippen molar-refractivity contribution in [2.45, 2.75) is 45.3 Å². The monoisotopic (exact) mass is 286 g/mol. The predicted octanol–water partition coefficient (Wildman–Crippen LogP) is -0.0750. The van der Waals surface area contributed by atoms with Gasteiger partial charge in [0.15, 0.2) is 0 Å². The van der Waals surface area contributed by atoms with Crippen molar-refractivity contribution in [2.75, 3.05) is 13.7 Å². The molecule has 1 saturated heterocycles. The van der Waals surface area contributed by atoms with Gasteiger partial charge in [-0.15, -0.1) is 0 Å². The van der Waals surface area contributed by atoms with Crippen molar-refractivity contribution in [3.8, 4) is 0 Å². The maximum atomic E-state index is 12.1. The number of hydrogen-bond donors (Lipinski definition) is 0. The Morgan fingerprint density at radius 1 is 1.25 bits per heavy atom. The van der Waals surface area contributed by atoms with E-state index in [0.717, 1.165) is 0 Å². The second-order valence-corrected chi connectivity index (χ2v) is 5.75. The SMILES string of the molecule is COC(=O)C1CC(C(=O)[O-])CCN1C(=O)OC(C)(C)C. The van der Waals surface area contributed by atoms with Crippen molar-refractivity contribution in [1.29, 1.82) is 0 Å². The minimum atomic E-state index is -1.22. The van der Waals surface area contributed by atoms with Crippen LogP contribution in [0.4, 0.5) is 4.79 Å². The molecule has 0 radical (unpaired) electrons. The Morgan fingerprint density at radius 2 is 1.85 bits per heavy atom. The van der Waals surface area contributed by atoms with Gasteiger partial charge in [0.2, 0.25) is 0 Å². The summed E-state index contributed by atoms with van der Waals surface area (Å²) in [5.74, 6) is -2.64. The maximum absolute atomic E-state index is 12.1. The van der Waals surface area contributed by atoms with Crippen LogP contribution >= 0.6 is 0 Å². The molecule has 2 atom stereocenters. The number of carbonyl (C=O) groups excluding carboxylic acids is 3. The van der Waals surface area contributed by atoms with Crippen LogP contribution in [0.3, 0.4) is 0 Å². The van der Waals surface area contributed by atoms with Crippen LogP contribution in [0.15, 0.2) is 0 Å². The quantitative estimate of drug-likeness (QED) is 0.659. The standard InChI is InChI=1S/C13H21NO6/c1-13(2,3)20-12(18)14-6-5-8(10(15)16)7-9(14)11(17)19-4/h8-9H,5-7H2,1-4H3,(H,15,16)/p-1. The zero-order valence-corrected chi connectivity index (χ0v) is 12.2. The zero-order chi connectivity index (χ0) is 15.5. The Kier molecular flexibility index (Phi) is 4.97. The summed E-state index contributed by atoms with van der Waals surface area (Å²) in [7, 11) is 1.19. The molecule has 1 amide bonds. The number of amides is 1. The molecule has 1 aliphatic rings. The molecule has 7 nitrogen and oxygen atoms in total. The molecule has 114 valence electrons. The van der Waals surface area contributed by atoms with Gasteiger partial charge in [-0.05, 0) is 33.6 Å². The van der Waals surface area contributed by atoms with Gasteiger partial charge in [-0.2, -0.15) is 0 Å². The van der Waals surface area contributed by atoms with Gasteiger partial charge in [0.1, 0.15) is 11.6 Å². The summed E-state index contributed by atoms with van der Waals surface area (Å²) in [6, 6.07) is -0.952. The molecule has 0 aromatic carbocycles. The first-order valence-electron chi connectivity index (χ1n) is 6.44. The van der Waals surface area contributed by atoms with Crippen LogP contribution < -0.4 is 5.11 Å². The lowest BCUT2D eigenvalue weighted by Crippen LogP contribution is -2.54. The molecule has 2 unspecified atom stereocenters. The third kappa shape index (κ3) is 4.11. The second kappa shape index (κ2) is 6.11. The third-order valence-electron chi connectivity index (χ3n) is 3.04. The fraction of sp³-hybridized carbons (Fsp3) is 0.769. The Bertz CT molecular complexity index is 400. The van der Waals surface area contributed by atoms with Crippen LogP contribution in [0.2, 0.25) is 0 Å². The Morgan fingerprint density at radius 3 is 2.30 bits per heavy atom. The summed E-state index contributed by atoms with van der Waals surface area (Å²) in [6.07, 6.45) is -0.437. The highest BCUT2D eigenvalue weighted by Gasteiger charge is 2.39. The highest BCUT2D eigenvalue weighted by molar-refractivity contribution is 5.83. The van der Waals surface area contributed by atoms with Crippen molar-refractivity contribution in [1.82, 2.24) is 4.90 Å². The highest BCUT2D eigenvalue weighted by atomic mass is 16.6. The highest BCUT2D eigenvalue weighted by Crippen LogP contribution is 2.25.